The van der Waals surface area contributed by atoms with E-state index < -0.39 is 6.10 Å². The lowest BCUT2D eigenvalue weighted by Gasteiger charge is -2.38. The number of H-pyrrole nitrogens is 1. The van der Waals surface area contributed by atoms with E-state index >= 15 is 0 Å². The van der Waals surface area contributed by atoms with E-state index in [4.69, 9.17) is 4.74 Å². The minimum absolute atomic E-state index is 0.246. The molecule has 2 N–H and O–H groups in total. The number of piperidine rings is 1. The Bertz CT molecular complexity index is 1190. The van der Waals surface area contributed by atoms with Gasteiger partial charge in [0.25, 0.3) is 0 Å². The highest BCUT2D eigenvalue weighted by Gasteiger charge is 2.29. The molecular weight excluding hydrogens is 413 g/mol. The van der Waals surface area contributed by atoms with Gasteiger partial charge in [0, 0.05) is 35.6 Å². The number of benzene rings is 2. The fourth-order valence-corrected chi connectivity index (χ4v) is 5.64. The van der Waals surface area contributed by atoms with Crippen molar-refractivity contribution in [2.45, 2.75) is 37.8 Å². The zero-order valence-corrected chi connectivity index (χ0v) is 18.2. The van der Waals surface area contributed by atoms with Crippen LogP contribution >= 0.6 is 11.3 Å². The Balaban J connectivity index is 1.18. The van der Waals surface area contributed by atoms with Crippen molar-refractivity contribution in [1.29, 1.82) is 0 Å². The average molecular weight is 440 g/mol. The van der Waals surface area contributed by atoms with E-state index in [1.807, 2.05) is 36.5 Å². The van der Waals surface area contributed by atoms with Crippen molar-refractivity contribution in [2.24, 2.45) is 0 Å². The van der Waals surface area contributed by atoms with Gasteiger partial charge in [-0.3, -0.25) is 4.90 Å². The van der Waals surface area contributed by atoms with Crippen molar-refractivity contribution in [3.63, 3.8) is 0 Å². The Labute approximate surface area is 184 Å². The number of thiazole rings is 1. The molecule has 3 unspecified atom stereocenters. The normalized spacial score (nSPS) is 21.0. The number of rotatable bonds is 6. The number of β-amino-alcohol motifs (C(OH)–C–C–N with tert-alkyl or cyclic N) is 1. The number of fused-ring (bicyclic) bond motifs is 2. The number of hydrogen-bond donors (Lipinski definition) is 2. The zero-order chi connectivity index (χ0) is 21.4. The number of halogens is 1. The largest absolute Gasteiger partial charge is 0.490 e. The zero-order valence-electron chi connectivity index (χ0n) is 17.4. The minimum Gasteiger partial charge on any atom is -0.490 e. The first-order valence-corrected chi connectivity index (χ1v) is 11.6. The van der Waals surface area contributed by atoms with Gasteiger partial charge in [-0.05, 0) is 56.6 Å². The summed E-state index contributed by atoms with van der Waals surface area (Å²) >= 11 is 1.60. The molecule has 3 heterocycles. The number of likely N-dealkylation sites (tertiary alicyclic amines) is 1. The molecule has 0 aliphatic carbocycles. The maximum atomic E-state index is 14.0. The van der Waals surface area contributed by atoms with E-state index in [2.05, 4.69) is 21.8 Å². The van der Waals surface area contributed by atoms with Crippen LogP contribution in [0.25, 0.3) is 21.1 Å². The van der Waals surface area contributed by atoms with E-state index in [9.17, 15) is 9.50 Å². The van der Waals surface area contributed by atoms with Gasteiger partial charge in [0.2, 0.25) is 0 Å². The van der Waals surface area contributed by atoms with Gasteiger partial charge < -0.3 is 14.8 Å². The van der Waals surface area contributed by atoms with Crippen LogP contribution in [0.1, 0.15) is 30.7 Å². The summed E-state index contributed by atoms with van der Waals surface area (Å²) in [4.78, 5) is 10.1. The number of para-hydroxylation sites is 1. The second kappa shape index (κ2) is 8.57. The monoisotopic (exact) mass is 439 g/mol. The van der Waals surface area contributed by atoms with Crippen LogP contribution in [0.2, 0.25) is 0 Å². The van der Waals surface area contributed by atoms with E-state index in [0.29, 0.717) is 24.0 Å². The molecular formula is C24H26FN3O2S. The second-order valence-electron chi connectivity index (χ2n) is 8.36. The summed E-state index contributed by atoms with van der Waals surface area (Å²) in [5.41, 5.74) is 1.51. The molecule has 1 saturated heterocycles. The van der Waals surface area contributed by atoms with Crippen LogP contribution in [0, 0.1) is 5.82 Å². The van der Waals surface area contributed by atoms with Crippen molar-refractivity contribution in [3.05, 3.63) is 59.5 Å². The smallest absolute Gasteiger partial charge is 0.150 e. The van der Waals surface area contributed by atoms with Crippen molar-refractivity contribution in [2.75, 3.05) is 19.7 Å². The summed E-state index contributed by atoms with van der Waals surface area (Å²) < 4.78 is 20.8. The predicted molar refractivity (Wildman–Crippen MR) is 122 cm³/mol. The molecule has 162 valence electrons. The number of nitrogens with zero attached hydrogens (tertiary/aromatic N) is 2. The SMILES string of the molecule is CC1CC(c2nc3c(F)cccc3s2)CCN1CC(O)COc1cccc2[nH]ccc12. The maximum absolute atomic E-state index is 14.0. The fraction of sp³-hybridized carbons (Fsp3) is 0.375. The van der Waals surface area contributed by atoms with Crippen molar-refractivity contribution in [1.82, 2.24) is 14.9 Å². The Hall–Kier alpha value is -2.48. The highest BCUT2D eigenvalue weighted by atomic mass is 32.1. The summed E-state index contributed by atoms with van der Waals surface area (Å²) in [5, 5.41) is 12.6. The van der Waals surface area contributed by atoms with E-state index in [1.165, 1.54) is 6.07 Å². The highest BCUT2D eigenvalue weighted by Crippen LogP contribution is 2.36. The summed E-state index contributed by atoms with van der Waals surface area (Å²) in [5.74, 6) is 0.874. The van der Waals surface area contributed by atoms with Gasteiger partial charge in [0.15, 0.2) is 0 Å². The number of aromatic nitrogens is 2. The molecule has 5 rings (SSSR count). The van der Waals surface area contributed by atoms with Gasteiger partial charge in [0.1, 0.15) is 29.8 Å². The van der Waals surface area contributed by atoms with Gasteiger partial charge in [-0.25, -0.2) is 9.37 Å². The molecule has 3 atom stereocenters. The second-order valence-corrected chi connectivity index (χ2v) is 9.43. The van der Waals surface area contributed by atoms with Crippen LogP contribution in [0.5, 0.6) is 5.75 Å². The van der Waals surface area contributed by atoms with Crippen molar-refractivity contribution >= 4 is 32.5 Å². The lowest BCUT2D eigenvalue weighted by Crippen LogP contribution is -2.45. The molecule has 1 fully saturated rings. The van der Waals surface area contributed by atoms with E-state index in [1.54, 1.807) is 17.4 Å². The number of nitrogens with one attached hydrogen (secondary N) is 1. The molecule has 0 spiro atoms. The molecule has 7 heteroatoms. The van der Waals surface area contributed by atoms with E-state index in [0.717, 1.165) is 45.7 Å². The van der Waals surface area contributed by atoms with E-state index in [-0.39, 0.29) is 12.4 Å². The van der Waals surface area contributed by atoms with Gasteiger partial charge >= 0.3 is 0 Å². The lowest BCUT2D eigenvalue weighted by atomic mass is 9.92. The molecule has 1 aliphatic heterocycles. The molecule has 0 saturated carbocycles. The third kappa shape index (κ3) is 4.18. The molecule has 0 radical (unpaired) electrons. The van der Waals surface area contributed by atoms with Crippen molar-refractivity contribution < 1.29 is 14.2 Å². The number of ether oxygens (including phenoxy) is 1. The first kappa shape index (κ1) is 20.4. The quantitative estimate of drug-likeness (QED) is 0.447. The van der Waals surface area contributed by atoms with Crippen LogP contribution < -0.4 is 4.74 Å². The molecule has 0 bridgehead atoms. The number of aromatic amines is 1. The van der Waals surface area contributed by atoms with Crippen molar-refractivity contribution in [3.8, 4) is 5.75 Å². The van der Waals surface area contributed by atoms with Gasteiger partial charge in [-0.15, -0.1) is 11.3 Å². The Morgan fingerprint density at radius 2 is 2.16 bits per heavy atom. The maximum Gasteiger partial charge on any atom is 0.150 e. The Kier molecular flexibility index (Phi) is 5.65. The fourth-order valence-electron chi connectivity index (χ4n) is 4.51. The topological polar surface area (TPSA) is 61.4 Å². The summed E-state index contributed by atoms with van der Waals surface area (Å²) in [6.07, 6.45) is 3.24. The number of aliphatic hydroxyl groups excluding tert-OH is 1. The average Bonchev–Trinajstić information content (AvgIpc) is 3.41. The first-order valence-electron chi connectivity index (χ1n) is 10.7. The third-order valence-electron chi connectivity index (χ3n) is 6.18. The minimum atomic E-state index is -0.565. The van der Waals surface area contributed by atoms with Crippen LogP contribution in [-0.4, -0.2) is 51.8 Å². The molecule has 0 amide bonds. The first-order chi connectivity index (χ1) is 15.1. The standard InChI is InChI=1S/C24H26FN3O2S/c1-15-12-16(24-27-23-19(25)4-2-7-22(23)31-24)9-11-28(15)13-17(29)14-30-21-6-3-5-20-18(21)8-10-26-20/h2-8,10,15-17,26,29H,9,11-14H2,1H3. The number of aliphatic hydroxyl groups is 1. The predicted octanol–water partition coefficient (Wildman–Crippen LogP) is 4.92. The molecule has 5 nitrogen and oxygen atoms in total. The summed E-state index contributed by atoms with van der Waals surface area (Å²) in [7, 11) is 0. The molecule has 1 aliphatic rings. The van der Waals surface area contributed by atoms with Crippen LogP contribution in [-0.2, 0) is 0 Å². The molecule has 2 aromatic heterocycles. The van der Waals surface area contributed by atoms with Gasteiger partial charge in [0.05, 0.1) is 9.71 Å². The summed E-state index contributed by atoms with van der Waals surface area (Å²) in [6, 6.07) is 13.3. The number of hydrogen-bond acceptors (Lipinski definition) is 5. The molecule has 4 aromatic rings. The van der Waals surface area contributed by atoms with Crippen LogP contribution in [0.4, 0.5) is 4.39 Å². The Morgan fingerprint density at radius 3 is 3.00 bits per heavy atom. The highest BCUT2D eigenvalue weighted by molar-refractivity contribution is 7.18. The lowest BCUT2D eigenvalue weighted by molar-refractivity contribution is 0.0405. The molecule has 31 heavy (non-hydrogen) atoms. The van der Waals surface area contributed by atoms with Crippen LogP contribution in [0.3, 0.4) is 0 Å². The van der Waals surface area contributed by atoms with Gasteiger partial charge in [-0.2, -0.15) is 0 Å². The van der Waals surface area contributed by atoms with Crippen LogP contribution in [0.15, 0.2) is 48.7 Å². The van der Waals surface area contributed by atoms with Gasteiger partial charge in [-0.1, -0.05) is 12.1 Å². The third-order valence-corrected chi connectivity index (χ3v) is 7.36. The summed E-state index contributed by atoms with van der Waals surface area (Å²) in [6.45, 7) is 3.91. The molecule has 2 aromatic carbocycles. The Morgan fingerprint density at radius 1 is 1.29 bits per heavy atom.